The zero-order valence-electron chi connectivity index (χ0n) is 8.16. The molecule has 72 valence electrons. The highest BCUT2D eigenvalue weighted by molar-refractivity contribution is 5.00. The van der Waals surface area contributed by atoms with E-state index in [1.165, 1.54) is 5.69 Å². The zero-order chi connectivity index (χ0) is 9.52. The molecule has 0 aromatic carbocycles. The normalized spacial score (nSPS) is 10.2. The standard InChI is InChI=1S/C10H17N3/c1-3-4-7-11-8-5-10-6-9-12-13(10)2/h3,6,9,11H,1,4-5,7-8H2,2H3. The lowest BCUT2D eigenvalue weighted by Gasteiger charge is -2.03. The number of aryl methyl sites for hydroxylation is 1. The Balaban J connectivity index is 2.13. The molecule has 0 spiro atoms. The lowest BCUT2D eigenvalue weighted by atomic mass is 10.3. The van der Waals surface area contributed by atoms with Gasteiger partial charge < -0.3 is 5.32 Å². The minimum atomic E-state index is 1.01. The number of hydrogen-bond acceptors (Lipinski definition) is 2. The molecule has 0 aliphatic rings. The van der Waals surface area contributed by atoms with Crippen LogP contribution in [0.5, 0.6) is 0 Å². The van der Waals surface area contributed by atoms with Crippen molar-refractivity contribution in [2.75, 3.05) is 13.1 Å². The first-order valence-electron chi connectivity index (χ1n) is 4.63. The molecule has 1 N–H and O–H groups in total. The highest BCUT2D eigenvalue weighted by Crippen LogP contribution is 1.95. The number of hydrogen-bond donors (Lipinski definition) is 1. The molecule has 1 aromatic heterocycles. The van der Waals surface area contributed by atoms with Crippen LogP contribution in [0.3, 0.4) is 0 Å². The summed E-state index contributed by atoms with van der Waals surface area (Å²) in [7, 11) is 1.97. The lowest BCUT2D eigenvalue weighted by molar-refractivity contribution is 0.646. The van der Waals surface area contributed by atoms with E-state index in [-0.39, 0.29) is 0 Å². The third-order valence-electron chi connectivity index (χ3n) is 2.01. The lowest BCUT2D eigenvalue weighted by Crippen LogP contribution is -2.19. The van der Waals surface area contributed by atoms with E-state index in [9.17, 15) is 0 Å². The van der Waals surface area contributed by atoms with Crippen molar-refractivity contribution in [1.82, 2.24) is 15.1 Å². The van der Waals surface area contributed by atoms with Gasteiger partial charge >= 0.3 is 0 Å². The summed E-state index contributed by atoms with van der Waals surface area (Å²) < 4.78 is 1.91. The van der Waals surface area contributed by atoms with Gasteiger partial charge in [-0.15, -0.1) is 6.58 Å². The summed E-state index contributed by atoms with van der Waals surface area (Å²) in [6.07, 6.45) is 5.83. The Kier molecular flexibility index (Phi) is 4.26. The maximum absolute atomic E-state index is 4.10. The molecule has 0 radical (unpaired) electrons. The maximum atomic E-state index is 4.10. The third kappa shape index (κ3) is 3.42. The molecule has 1 heterocycles. The van der Waals surface area contributed by atoms with E-state index in [0.29, 0.717) is 0 Å². The minimum absolute atomic E-state index is 1.01. The SMILES string of the molecule is C=CCCNCCc1ccnn1C. The van der Waals surface area contributed by atoms with Gasteiger partial charge in [-0.2, -0.15) is 5.10 Å². The molecule has 0 aliphatic heterocycles. The summed E-state index contributed by atoms with van der Waals surface area (Å²) >= 11 is 0. The molecule has 0 aliphatic carbocycles. The molecular weight excluding hydrogens is 162 g/mol. The molecule has 1 aromatic rings. The first-order valence-corrected chi connectivity index (χ1v) is 4.63. The molecule has 1 rings (SSSR count). The largest absolute Gasteiger partial charge is 0.316 e. The van der Waals surface area contributed by atoms with Crippen LogP contribution in [0.2, 0.25) is 0 Å². The smallest absolute Gasteiger partial charge is 0.0492 e. The van der Waals surface area contributed by atoms with Gasteiger partial charge in [0.25, 0.3) is 0 Å². The molecule has 0 amide bonds. The van der Waals surface area contributed by atoms with Gasteiger partial charge in [-0.05, 0) is 19.0 Å². The van der Waals surface area contributed by atoms with E-state index in [1.54, 1.807) is 0 Å². The summed E-state index contributed by atoms with van der Waals surface area (Å²) in [5, 5.41) is 7.44. The topological polar surface area (TPSA) is 29.9 Å². The summed E-state index contributed by atoms with van der Waals surface area (Å²) in [5.74, 6) is 0. The predicted molar refractivity (Wildman–Crippen MR) is 54.6 cm³/mol. The number of rotatable bonds is 6. The molecule has 3 heteroatoms. The van der Waals surface area contributed by atoms with Gasteiger partial charge in [-0.25, -0.2) is 0 Å². The average molecular weight is 179 g/mol. The van der Waals surface area contributed by atoms with Gasteiger partial charge in [0.15, 0.2) is 0 Å². The van der Waals surface area contributed by atoms with Crippen molar-refractivity contribution in [3.05, 3.63) is 30.6 Å². The van der Waals surface area contributed by atoms with Crippen LogP contribution in [-0.2, 0) is 13.5 Å². The highest BCUT2D eigenvalue weighted by atomic mass is 15.3. The van der Waals surface area contributed by atoms with E-state index < -0.39 is 0 Å². The average Bonchev–Trinajstić information content (AvgIpc) is 2.52. The zero-order valence-corrected chi connectivity index (χ0v) is 8.16. The summed E-state index contributed by atoms with van der Waals surface area (Å²) in [4.78, 5) is 0. The van der Waals surface area contributed by atoms with Crippen LogP contribution >= 0.6 is 0 Å². The fourth-order valence-corrected chi connectivity index (χ4v) is 1.19. The van der Waals surface area contributed by atoms with Gasteiger partial charge in [0.2, 0.25) is 0 Å². The number of nitrogens with one attached hydrogen (secondary N) is 1. The quantitative estimate of drug-likeness (QED) is 0.524. The Bertz CT molecular complexity index is 252. The number of nitrogens with zero attached hydrogens (tertiary/aromatic N) is 2. The van der Waals surface area contributed by atoms with Gasteiger partial charge in [-0.3, -0.25) is 4.68 Å². The van der Waals surface area contributed by atoms with Crippen LogP contribution in [0.15, 0.2) is 24.9 Å². The molecule has 13 heavy (non-hydrogen) atoms. The summed E-state index contributed by atoms with van der Waals surface area (Å²) in [6, 6.07) is 2.05. The Hall–Kier alpha value is -1.09. The van der Waals surface area contributed by atoms with Gasteiger partial charge in [-0.1, -0.05) is 6.08 Å². The van der Waals surface area contributed by atoms with E-state index in [4.69, 9.17) is 0 Å². The molecule has 3 nitrogen and oxygen atoms in total. The van der Waals surface area contributed by atoms with Crippen molar-refractivity contribution in [2.45, 2.75) is 12.8 Å². The van der Waals surface area contributed by atoms with E-state index in [0.717, 1.165) is 25.9 Å². The molecule has 0 unspecified atom stereocenters. The predicted octanol–water partition coefficient (Wildman–Crippen LogP) is 1.13. The van der Waals surface area contributed by atoms with Crippen molar-refractivity contribution >= 4 is 0 Å². The maximum Gasteiger partial charge on any atom is 0.0492 e. The fraction of sp³-hybridized carbons (Fsp3) is 0.500. The van der Waals surface area contributed by atoms with E-state index in [1.807, 2.05) is 24.0 Å². The van der Waals surface area contributed by atoms with Gasteiger partial charge in [0.05, 0.1) is 0 Å². The second-order valence-electron chi connectivity index (χ2n) is 3.02. The van der Waals surface area contributed by atoms with Crippen LogP contribution < -0.4 is 5.32 Å². The first-order chi connectivity index (χ1) is 6.34. The van der Waals surface area contributed by atoms with Crippen LogP contribution in [-0.4, -0.2) is 22.9 Å². The Morgan fingerprint density at radius 1 is 1.62 bits per heavy atom. The number of aromatic nitrogens is 2. The van der Waals surface area contributed by atoms with Crippen molar-refractivity contribution in [2.24, 2.45) is 7.05 Å². The molecular formula is C10H17N3. The Labute approximate surface area is 79.5 Å². The Morgan fingerprint density at radius 3 is 3.08 bits per heavy atom. The van der Waals surface area contributed by atoms with Gasteiger partial charge in [0, 0.05) is 31.9 Å². The monoisotopic (exact) mass is 179 g/mol. The second-order valence-corrected chi connectivity index (χ2v) is 3.02. The van der Waals surface area contributed by atoms with Crippen molar-refractivity contribution in [3.8, 4) is 0 Å². The van der Waals surface area contributed by atoms with Crippen molar-refractivity contribution in [1.29, 1.82) is 0 Å². The molecule has 0 atom stereocenters. The molecule has 0 bridgehead atoms. The molecule has 0 saturated heterocycles. The van der Waals surface area contributed by atoms with E-state index >= 15 is 0 Å². The van der Waals surface area contributed by atoms with Crippen LogP contribution in [0.4, 0.5) is 0 Å². The molecule has 0 fully saturated rings. The third-order valence-corrected chi connectivity index (χ3v) is 2.01. The summed E-state index contributed by atoms with van der Waals surface area (Å²) in [6.45, 7) is 5.69. The van der Waals surface area contributed by atoms with Crippen LogP contribution in [0.25, 0.3) is 0 Å². The second kappa shape index (κ2) is 5.54. The Morgan fingerprint density at radius 2 is 2.46 bits per heavy atom. The minimum Gasteiger partial charge on any atom is -0.316 e. The van der Waals surface area contributed by atoms with E-state index in [2.05, 4.69) is 23.1 Å². The fourth-order valence-electron chi connectivity index (χ4n) is 1.19. The van der Waals surface area contributed by atoms with Crippen LogP contribution in [0.1, 0.15) is 12.1 Å². The van der Waals surface area contributed by atoms with Crippen LogP contribution in [0, 0.1) is 0 Å². The molecule has 0 saturated carbocycles. The summed E-state index contributed by atoms with van der Waals surface area (Å²) in [5.41, 5.74) is 1.27. The van der Waals surface area contributed by atoms with Crippen molar-refractivity contribution < 1.29 is 0 Å². The highest BCUT2D eigenvalue weighted by Gasteiger charge is 1.96. The van der Waals surface area contributed by atoms with Crippen molar-refractivity contribution in [3.63, 3.8) is 0 Å². The first kappa shape index (κ1) is 9.99. The van der Waals surface area contributed by atoms with Gasteiger partial charge in [0.1, 0.15) is 0 Å².